The molecule has 2 aromatic rings. The summed E-state index contributed by atoms with van der Waals surface area (Å²) in [5.74, 6) is -6.80. The molecule has 2 rings (SSSR count). The Hall–Kier alpha value is -4.50. The zero-order valence-electron chi connectivity index (χ0n) is 20.2. The van der Waals surface area contributed by atoms with E-state index in [2.05, 4.69) is 15.6 Å². The molecule has 4 amide bonds. The van der Waals surface area contributed by atoms with Crippen LogP contribution in [0.5, 0.6) is 0 Å². The summed E-state index contributed by atoms with van der Waals surface area (Å²) in [6.07, 6.45) is 0.124. The molecule has 206 valence electrons. The van der Waals surface area contributed by atoms with Crippen molar-refractivity contribution in [2.45, 2.75) is 49.9 Å². The van der Waals surface area contributed by atoms with Crippen LogP contribution in [0, 0.1) is 0 Å². The number of benzene rings is 1. The molecule has 0 saturated heterocycles. The molecule has 4 atom stereocenters. The number of aromatic amines is 1. The number of carbonyl (C=O) groups excluding carboxylic acids is 4. The Balaban J connectivity index is 2.15. The lowest BCUT2D eigenvalue weighted by molar-refractivity contribution is -0.143. The molecular formula is C23H30N6O9. The van der Waals surface area contributed by atoms with Gasteiger partial charge in [-0.1, -0.05) is 18.2 Å². The van der Waals surface area contributed by atoms with Gasteiger partial charge in [0.05, 0.1) is 19.1 Å². The first kappa shape index (κ1) is 29.7. The SMILES string of the molecule is NC(=O)CC(NC(=O)C(CCC(=O)O)NC(=O)C(N)Cc1c[nH]c2ccccc12)C(=O)NC(CO)C(=O)O. The fourth-order valence-electron chi connectivity index (χ4n) is 3.59. The number of amides is 4. The van der Waals surface area contributed by atoms with E-state index < -0.39 is 79.2 Å². The number of nitrogens with two attached hydrogens (primary N) is 2. The molecule has 0 saturated carbocycles. The first-order valence-corrected chi connectivity index (χ1v) is 11.5. The third kappa shape index (κ3) is 8.56. The number of nitrogens with one attached hydrogen (secondary N) is 4. The van der Waals surface area contributed by atoms with Crippen LogP contribution < -0.4 is 27.4 Å². The lowest BCUT2D eigenvalue weighted by atomic mass is 10.0. The molecule has 4 unspecified atom stereocenters. The molecule has 0 fully saturated rings. The standard InChI is InChI=1S/C23H30N6O9/c24-13(7-11-9-26-14-4-2-1-3-12(11)14)20(34)27-15(5-6-19(32)33)21(35)28-16(8-18(25)31)22(36)29-17(10-30)23(37)38/h1-4,9,13,15-17,26,30H,5-8,10,24H2,(H2,25,31)(H,27,34)(H,28,35)(H,29,36)(H,32,33)(H,37,38). The number of aromatic nitrogens is 1. The van der Waals surface area contributed by atoms with Gasteiger partial charge in [0.2, 0.25) is 23.6 Å². The minimum absolute atomic E-state index is 0.0908. The van der Waals surface area contributed by atoms with Gasteiger partial charge in [0.25, 0.3) is 0 Å². The van der Waals surface area contributed by atoms with Gasteiger partial charge >= 0.3 is 11.9 Å². The van der Waals surface area contributed by atoms with Crippen LogP contribution in [-0.2, 0) is 35.2 Å². The number of aliphatic hydroxyl groups excluding tert-OH is 1. The molecule has 1 aromatic heterocycles. The lowest BCUT2D eigenvalue weighted by Gasteiger charge is -2.24. The van der Waals surface area contributed by atoms with Gasteiger partial charge < -0.3 is 47.7 Å². The van der Waals surface area contributed by atoms with E-state index in [0.717, 1.165) is 16.5 Å². The summed E-state index contributed by atoms with van der Waals surface area (Å²) in [6.45, 7) is -0.968. The second kappa shape index (κ2) is 13.7. The molecule has 15 nitrogen and oxygen atoms in total. The van der Waals surface area contributed by atoms with Gasteiger partial charge in [-0.25, -0.2) is 4.79 Å². The molecular weight excluding hydrogens is 504 g/mol. The third-order valence-corrected chi connectivity index (χ3v) is 5.57. The highest BCUT2D eigenvalue weighted by Gasteiger charge is 2.31. The smallest absolute Gasteiger partial charge is 0.328 e. The van der Waals surface area contributed by atoms with Gasteiger partial charge in [-0.2, -0.15) is 0 Å². The first-order valence-electron chi connectivity index (χ1n) is 11.5. The van der Waals surface area contributed by atoms with E-state index >= 15 is 0 Å². The minimum Gasteiger partial charge on any atom is -0.481 e. The predicted octanol–water partition coefficient (Wildman–Crippen LogP) is -2.69. The molecule has 0 aliphatic rings. The fraction of sp³-hybridized carbons (Fsp3) is 0.391. The molecule has 1 heterocycles. The third-order valence-electron chi connectivity index (χ3n) is 5.57. The molecule has 1 aromatic carbocycles. The van der Waals surface area contributed by atoms with E-state index in [0.29, 0.717) is 0 Å². The number of aliphatic carboxylic acids is 2. The summed E-state index contributed by atoms with van der Waals surface area (Å²) < 4.78 is 0. The first-order chi connectivity index (χ1) is 17.9. The van der Waals surface area contributed by atoms with Crippen molar-refractivity contribution < 1.29 is 44.1 Å². The summed E-state index contributed by atoms with van der Waals surface area (Å²) in [6, 6.07) is 1.34. The van der Waals surface area contributed by atoms with Crippen LogP contribution in [-0.4, -0.2) is 86.6 Å². The summed E-state index contributed by atoms with van der Waals surface area (Å²) in [7, 11) is 0. The monoisotopic (exact) mass is 534 g/mol. The number of fused-ring (bicyclic) bond motifs is 1. The van der Waals surface area contributed by atoms with E-state index in [1.165, 1.54) is 0 Å². The highest BCUT2D eigenvalue weighted by atomic mass is 16.4. The van der Waals surface area contributed by atoms with E-state index in [1.807, 2.05) is 29.6 Å². The summed E-state index contributed by atoms with van der Waals surface area (Å²) in [4.78, 5) is 74.9. The predicted molar refractivity (Wildman–Crippen MR) is 131 cm³/mol. The van der Waals surface area contributed by atoms with E-state index in [-0.39, 0.29) is 12.8 Å². The topological polar surface area (TPSA) is 267 Å². The number of H-pyrrole nitrogens is 1. The lowest BCUT2D eigenvalue weighted by Crippen LogP contribution is -2.58. The molecule has 0 aliphatic heterocycles. The van der Waals surface area contributed by atoms with Crippen LogP contribution in [0.4, 0.5) is 0 Å². The van der Waals surface area contributed by atoms with Crippen LogP contribution >= 0.6 is 0 Å². The fourth-order valence-corrected chi connectivity index (χ4v) is 3.59. The maximum Gasteiger partial charge on any atom is 0.328 e. The van der Waals surface area contributed by atoms with E-state index in [4.69, 9.17) is 26.8 Å². The number of para-hydroxylation sites is 1. The van der Waals surface area contributed by atoms with Crippen molar-refractivity contribution in [1.82, 2.24) is 20.9 Å². The van der Waals surface area contributed by atoms with Gasteiger partial charge in [-0.05, 0) is 24.5 Å². The summed E-state index contributed by atoms with van der Waals surface area (Å²) in [5.41, 5.74) is 12.7. The Bertz CT molecular complexity index is 1200. The van der Waals surface area contributed by atoms with Crippen LogP contribution in [0.25, 0.3) is 10.9 Å². The van der Waals surface area contributed by atoms with Gasteiger partial charge in [0.15, 0.2) is 0 Å². The maximum absolute atomic E-state index is 12.9. The van der Waals surface area contributed by atoms with Gasteiger partial charge in [0.1, 0.15) is 18.1 Å². The van der Waals surface area contributed by atoms with E-state index in [9.17, 15) is 28.8 Å². The number of rotatable bonds is 15. The zero-order chi connectivity index (χ0) is 28.4. The van der Waals surface area contributed by atoms with Crippen molar-refractivity contribution >= 4 is 46.5 Å². The number of carboxylic acid groups (broad SMARTS) is 2. The number of aliphatic hydroxyl groups is 1. The maximum atomic E-state index is 12.9. The Morgan fingerprint density at radius 1 is 0.895 bits per heavy atom. The van der Waals surface area contributed by atoms with Crippen LogP contribution in [0.15, 0.2) is 30.5 Å². The van der Waals surface area contributed by atoms with Crippen molar-refractivity contribution in [3.63, 3.8) is 0 Å². The number of hydrogen-bond acceptors (Lipinski definition) is 8. The summed E-state index contributed by atoms with van der Waals surface area (Å²) in [5, 5.41) is 34.5. The second-order valence-corrected chi connectivity index (χ2v) is 8.48. The Labute approximate surface area is 215 Å². The minimum atomic E-state index is -1.72. The number of primary amides is 1. The van der Waals surface area contributed by atoms with Crippen molar-refractivity contribution in [1.29, 1.82) is 0 Å². The van der Waals surface area contributed by atoms with Crippen molar-refractivity contribution in [2.24, 2.45) is 11.5 Å². The highest BCUT2D eigenvalue weighted by Crippen LogP contribution is 2.18. The number of carboxylic acids is 2. The number of hydrogen-bond donors (Lipinski definition) is 9. The van der Waals surface area contributed by atoms with Gasteiger partial charge in [0, 0.05) is 23.5 Å². The van der Waals surface area contributed by atoms with Gasteiger partial charge in [-0.15, -0.1) is 0 Å². The normalized spacial score (nSPS) is 14.1. The van der Waals surface area contributed by atoms with Crippen molar-refractivity contribution in [2.75, 3.05) is 6.61 Å². The van der Waals surface area contributed by atoms with Crippen molar-refractivity contribution in [3.05, 3.63) is 36.0 Å². The van der Waals surface area contributed by atoms with Crippen LogP contribution in [0.3, 0.4) is 0 Å². The molecule has 0 bridgehead atoms. The molecule has 0 spiro atoms. The van der Waals surface area contributed by atoms with Crippen LogP contribution in [0.1, 0.15) is 24.8 Å². The quantitative estimate of drug-likeness (QED) is 0.114. The van der Waals surface area contributed by atoms with Crippen molar-refractivity contribution in [3.8, 4) is 0 Å². The zero-order valence-corrected chi connectivity index (χ0v) is 20.2. The largest absolute Gasteiger partial charge is 0.481 e. The molecule has 0 radical (unpaired) electrons. The summed E-state index contributed by atoms with van der Waals surface area (Å²) >= 11 is 0. The highest BCUT2D eigenvalue weighted by molar-refractivity contribution is 5.96. The van der Waals surface area contributed by atoms with Crippen LogP contribution in [0.2, 0.25) is 0 Å². The number of carbonyl (C=O) groups is 6. The molecule has 0 aliphatic carbocycles. The van der Waals surface area contributed by atoms with E-state index in [1.54, 1.807) is 6.20 Å². The average Bonchev–Trinajstić information content (AvgIpc) is 3.26. The molecule has 11 N–H and O–H groups in total. The molecule has 15 heteroatoms. The second-order valence-electron chi connectivity index (χ2n) is 8.48. The van der Waals surface area contributed by atoms with Gasteiger partial charge in [-0.3, -0.25) is 24.0 Å². The Morgan fingerprint density at radius 3 is 2.11 bits per heavy atom. The Morgan fingerprint density at radius 2 is 1.50 bits per heavy atom. The molecule has 38 heavy (non-hydrogen) atoms. The Kier molecular flexibility index (Phi) is 10.7. The average molecular weight is 535 g/mol.